The molecular formula is C41H42F3N5. The number of fused-ring (bicyclic) bond motifs is 2. The van der Waals surface area contributed by atoms with Gasteiger partial charge in [-0.1, -0.05) is 117 Å². The highest BCUT2D eigenvalue weighted by Crippen LogP contribution is 2.42. The first-order chi connectivity index (χ1) is 22.8. The van der Waals surface area contributed by atoms with Gasteiger partial charge in [0.2, 0.25) is 0 Å². The van der Waals surface area contributed by atoms with Crippen molar-refractivity contribution in [1.29, 1.82) is 0 Å². The summed E-state index contributed by atoms with van der Waals surface area (Å²) in [6.07, 6.45) is -3.43. The van der Waals surface area contributed by atoms with Crippen LogP contribution in [0.3, 0.4) is 0 Å². The van der Waals surface area contributed by atoms with Crippen molar-refractivity contribution < 1.29 is 13.2 Å². The van der Waals surface area contributed by atoms with Gasteiger partial charge in [0.15, 0.2) is 0 Å². The molecule has 6 rings (SSSR count). The molecule has 0 saturated heterocycles. The number of halogens is 3. The molecule has 0 aliphatic carbocycles. The van der Waals surface area contributed by atoms with Crippen LogP contribution in [0.5, 0.6) is 0 Å². The summed E-state index contributed by atoms with van der Waals surface area (Å²) >= 11 is 0. The lowest BCUT2D eigenvalue weighted by atomic mass is 9.85. The molecule has 6 aromatic rings. The van der Waals surface area contributed by atoms with Crippen molar-refractivity contribution in [2.45, 2.75) is 84.7 Å². The Morgan fingerprint density at radius 3 is 1.80 bits per heavy atom. The molecule has 0 aliphatic heterocycles. The fourth-order valence-electron chi connectivity index (χ4n) is 6.23. The highest BCUT2D eigenvalue weighted by molar-refractivity contribution is 6.05. The summed E-state index contributed by atoms with van der Waals surface area (Å²) in [5.41, 5.74) is 4.20. The molecule has 0 atom stereocenters. The lowest BCUT2D eigenvalue weighted by molar-refractivity contribution is -0.135. The minimum Gasteiger partial charge on any atom is -0.324 e. The zero-order valence-corrected chi connectivity index (χ0v) is 29.5. The van der Waals surface area contributed by atoms with Gasteiger partial charge in [0, 0.05) is 22.1 Å². The lowest BCUT2D eigenvalue weighted by Crippen LogP contribution is -2.18. The Hall–Kier alpha value is -4.85. The van der Waals surface area contributed by atoms with E-state index in [1.54, 1.807) is 24.3 Å². The third kappa shape index (κ3) is 6.74. The molecule has 0 amide bonds. The number of hydrogen-bond donors (Lipinski definition) is 1. The van der Waals surface area contributed by atoms with E-state index in [2.05, 4.69) is 114 Å². The van der Waals surface area contributed by atoms with Gasteiger partial charge >= 0.3 is 6.18 Å². The molecule has 0 saturated carbocycles. The second-order valence-corrected chi connectivity index (χ2v) is 15.7. The molecule has 0 aliphatic rings. The average molecular weight is 662 g/mol. The van der Waals surface area contributed by atoms with Crippen molar-refractivity contribution >= 4 is 33.3 Å². The van der Waals surface area contributed by atoms with Gasteiger partial charge in [0.05, 0.1) is 28.2 Å². The van der Waals surface area contributed by atoms with E-state index in [4.69, 9.17) is 9.97 Å². The highest BCUT2D eigenvalue weighted by atomic mass is 19.4. The Kier molecular flexibility index (Phi) is 8.29. The lowest BCUT2D eigenvalue weighted by Gasteiger charge is -2.27. The Bertz CT molecular complexity index is 2200. The number of pyridine rings is 2. The van der Waals surface area contributed by atoms with E-state index in [9.17, 15) is 13.2 Å². The van der Waals surface area contributed by atoms with Crippen LogP contribution in [0.2, 0.25) is 0 Å². The second kappa shape index (κ2) is 11.9. The molecule has 3 heterocycles. The van der Waals surface area contributed by atoms with E-state index in [0.29, 0.717) is 28.4 Å². The predicted molar refractivity (Wildman–Crippen MR) is 194 cm³/mol. The maximum absolute atomic E-state index is 14.5. The number of alkyl halides is 3. The number of hydrogen-bond acceptors (Lipinski definition) is 5. The molecule has 49 heavy (non-hydrogen) atoms. The second-order valence-electron chi connectivity index (χ2n) is 15.7. The van der Waals surface area contributed by atoms with E-state index in [1.807, 2.05) is 12.1 Å². The van der Waals surface area contributed by atoms with Crippen LogP contribution in [0, 0.1) is 0 Å². The Labute approximate surface area is 286 Å². The summed E-state index contributed by atoms with van der Waals surface area (Å²) in [4.78, 5) is 18.9. The fourth-order valence-corrected chi connectivity index (χ4v) is 6.23. The number of benzene rings is 3. The average Bonchev–Trinajstić information content (AvgIpc) is 3.01. The van der Waals surface area contributed by atoms with Gasteiger partial charge in [-0.25, -0.2) is 19.9 Å². The zero-order valence-electron chi connectivity index (χ0n) is 29.5. The van der Waals surface area contributed by atoms with Crippen molar-refractivity contribution in [3.8, 4) is 22.6 Å². The van der Waals surface area contributed by atoms with Crippen molar-refractivity contribution in [3.63, 3.8) is 0 Å². The standard InChI is InChI=1S/C41H42F3N5/c1-38(2,3)26-15-12-14-25(21-26)31-19-17-29(39(4,5)6)36(47-31)49-37-30(40(7,8)9)18-20-32(48-37)34-28-22-24-13-10-11-16-27(24)33(41(42,43)44)35(28)46-23-45-34/h10-23H,1-9H3,(H,47,48,49). The first-order valence-electron chi connectivity index (χ1n) is 16.5. The van der Waals surface area contributed by atoms with Crippen molar-refractivity contribution in [3.05, 3.63) is 107 Å². The largest absolute Gasteiger partial charge is 0.419 e. The first-order valence-corrected chi connectivity index (χ1v) is 16.5. The molecule has 0 fully saturated rings. The van der Waals surface area contributed by atoms with Gasteiger partial charge in [-0.2, -0.15) is 13.2 Å². The van der Waals surface area contributed by atoms with Crippen LogP contribution in [-0.4, -0.2) is 19.9 Å². The molecule has 3 aromatic heterocycles. The third-order valence-corrected chi connectivity index (χ3v) is 8.84. The number of anilines is 2. The van der Waals surface area contributed by atoms with Crippen molar-refractivity contribution in [1.82, 2.24) is 19.9 Å². The smallest absolute Gasteiger partial charge is 0.324 e. The van der Waals surface area contributed by atoms with E-state index in [1.165, 1.54) is 18.0 Å². The van der Waals surface area contributed by atoms with E-state index in [0.717, 1.165) is 22.4 Å². The van der Waals surface area contributed by atoms with Crippen molar-refractivity contribution in [2.75, 3.05) is 5.32 Å². The Balaban J connectivity index is 1.55. The van der Waals surface area contributed by atoms with Crippen LogP contribution < -0.4 is 5.32 Å². The zero-order chi connectivity index (χ0) is 35.5. The number of nitrogens with one attached hydrogen (secondary N) is 1. The predicted octanol–water partition coefficient (Wildman–Crippen LogP) is 11.6. The minimum absolute atomic E-state index is 0.0211. The van der Waals surface area contributed by atoms with Crippen LogP contribution in [0.1, 0.15) is 84.6 Å². The maximum Gasteiger partial charge on any atom is 0.419 e. The summed E-state index contributed by atoms with van der Waals surface area (Å²) in [6.45, 7) is 19.3. The fraction of sp³-hybridized carbons (Fsp3) is 0.317. The molecule has 0 spiro atoms. The third-order valence-electron chi connectivity index (χ3n) is 8.84. The monoisotopic (exact) mass is 661 g/mol. The molecular weight excluding hydrogens is 619 g/mol. The molecule has 0 unspecified atom stereocenters. The minimum atomic E-state index is -4.62. The molecule has 5 nitrogen and oxygen atoms in total. The van der Waals surface area contributed by atoms with Crippen LogP contribution >= 0.6 is 0 Å². The topological polar surface area (TPSA) is 63.6 Å². The SMILES string of the molecule is CC(C)(C)c1cccc(-c2ccc(C(C)(C)C)c(Nc3nc(-c4ncnc5c(C(F)(F)F)c6ccccc6cc45)ccc3C(C)(C)C)n2)c1. The molecule has 1 N–H and O–H groups in total. The highest BCUT2D eigenvalue weighted by Gasteiger charge is 2.36. The van der Waals surface area contributed by atoms with Crippen LogP contribution in [-0.2, 0) is 22.4 Å². The van der Waals surface area contributed by atoms with Crippen LogP contribution in [0.15, 0.2) is 85.2 Å². The van der Waals surface area contributed by atoms with Crippen molar-refractivity contribution in [2.24, 2.45) is 0 Å². The van der Waals surface area contributed by atoms with E-state index >= 15 is 0 Å². The first kappa shape index (κ1) is 34.0. The molecule has 0 bridgehead atoms. The van der Waals surface area contributed by atoms with Gasteiger partial charge in [-0.15, -0.1) is 0 Å². The van der Waals surface area contributed by atoms with Crippen LogP contribution in [0.25, 0.3) is 44.3 Å². The van der Waals surface area contributed by atoms with Crippen LogP contribution in [0.4, 0.5) is 24.8 Å². The number of nitrogens with zero attached hydrogens (tertiary/aromatic N) is 4. The molecule has 0 radical (unpaired) electrons. The van der Waals surface area contributed by atoms with E-state index < -0.39 is 11.7 Å². The van der Waals surface area contributed by atoms with Gasteiger partial charge in [0.1, 0.15) is 18.0 Å². The summed E-state index contributed by atoms with van der Waals surface area (Å²) in [7, 11) is 0. The quantitative estimate of drug-likeness (QED) is 0.191. The van der Waals surface area contributed by atoms with Gasteiger partial charge in [-0.3, -0.25) is 0 Å². The van der Waals surface area contributed by atoms with Gasteiger partial charge in [-0.05, 0) is 56.8 Å². The summed E-state index contributed by atoms with van der Waals surface area (Å²) in [6, 6.07) is 24.6. The molecule has 8 heteroatoms. The normalized spacial score (nSPS) is 12.9. The number of rotatable bonds is 4. The summed E-state index contributed by atoms with van der Waals surface area (Å²) in [5, 5.41) is 4.42. The molecule has 252 valence electrons. The Morgan fingerprint density at radius 1 is 0.571 bits per heavy atom. The van der Waals surface area contributed by atoms with Gasteiger partial charge < -0.3 is 5.32 Å². The number of aromatic nitrogens is 4. The summed E-state index contributed by atoms with van der Waals surface area (Å²) < 4.78 is 43.6. The summed E-state index contributed by atoms with van der Waals surface area (Å²) in [5.74, 6) is 1.23. The maximum atomic E-state index is 14.5. The Morgan fingerprint density at radius 2 is 1.18 bits per heavy atom. The van der Waals surface area contributed by atoms with Gasteiger partial charge in [0.25, 0.3) is 0 Å². The molecule has 3 aromatic carbocycles. The van der Waals surface area contributed by atoms with E-state index in [-0.39, 0.29) is 32.5 Å².